The van der Waals surface area contributed by atoms with Crippen LogP contribution in [0.1, 0.15) is 13.3 Å². The van der Waals surface area contributed by atoms with Gasteiger partial charge in [0.1, 0.15) is 0 Å². The van der Waals surface area contributed by atoms with Crippen molar-refractivity contribution < 1.29 is 26.3 Å². The fourth-order valence-electron chi connectivity index (χ4n) is 0.725. The third-order valence-corrected chi connectivity index (χ3v) is 1.40. The molecule has 0 aromatic carbocycles. The Hall–Kier alpha value is -0.680. The van der Waals surface area contributed by atoms with E-state index in [4.69, 9.17) is 0 Å². The SMILES string of the molecule is C/C=C\CC(C(F)(F)F)C(F)(F)F. The number of halogens is 6. The predicted molar refractivity (Wildman–Crippen MR) is 35.0 cm³/mol. The summed E-state index contributed by atoms with van der Waals surface area (Å²) in [5, 5.41) is 0. The van der Waals surface area contributed by atoms with Gasteiger partial charge in [-0.3, -0.25) is 0 Å². The largest absolute Gasteiger partial charge is 0.400 e. The van der Waals surface area contributed by atoms with E-state index in [1.807, 2.05) is 0 Å². The van der Waals surface area contributed by atoms with Crippen LogP contribution in [0.5, 0.6) is 0 Å². The lowest BCUT2D eigenvalue weighted by Crippen LogP contribution is -2.35. The molecule has 0 amide bonds. The van der Waals surface area contributed by atoms with Gasteiger partial charge >= 0.3 is 12.4 Å². The molecule has 0 bridgehead atoms. The summed E-state index contributed by atoms with van der Waals surface area (Å²) in [5.74, 6) is -3.25. The summed E-state index contributed by atoms with van der Waals surface area (Å²) in [6.07, 6.45) is -9.49. The van der Waals surface area contributed by atoms with E-state index in [9.17, 15) is 26.3 Å². The maximum absolute atomic E-state index is 11.8. The van der Waals surface area contributed by atoms with Crippen LogP contribution in [0.2, 0.25) is 0 Å². The van der Waals surface area contributed by atoms with E-state index < -0.39 is 24.7 Å². The number of allylic oxidation sites excluding steroid dienone is 2. The molecule has 0 unspecified atom stereocenters. The van der Waals surface area contributed by atoms with Gasteiger partial charge in [0.15, 0.2) is 5.92 Å². The van der Waals surface area contributed by atoms with Crippen molar-refractivity contribution >= 4 is 0 Å². The first kappa shape index (κ1) is 12.3. The number of alkyl halides is 6. The van der Waals surface area contributed by atoms with Crippen LogP contribution >= 0.6 is 0 Å². The highest BCUT2D eigenvalue weighted by molar-refractivity contribution is 4.86. The molecule has 0 heterocycles. The summed E-state index contributed by atoms with van der Waals surface area (Å²) < 4.78 is 70.7. The molecule has 0 spiro atoms. The highest BCUT2D eigenvalue weighted by Gasteiger charge is 2.55. The van der Waals surface area contributed by atoms with Gasteiger partial charge in [0.25, 0.3) is 0 Å². The van der Waals surface area contributed by atoms with Crippen molar-refractivity contribution in [1.29, 1.82) is 0 Å². The van der Waals surface area contributed by atoms with Gasteiger partial charge in [-0.2, -0.15) is 26.3 Å². The second-order valence-corrected chi connectivity index (χ2v) is 2.44. The normalized spacial score (nSPS) is 14.5. The van der Waals surface area contributed by atoms with Gasteiger partial charge in [0.05, 0.1) is 0 Å². The summed E-state index contributed by atoms with van der Waals surface area (Å²) in [4.78, 5) is 0. The Morgan fingerprint density at radius 1 is 1.00 bits per heavy atom. The lowest BCUT2D eigenvalue weighted by molar-refractivity contribution is -0.282. The zero-order valence-corrected chi connectivity index (χ0v) is 6.71. The molecule has 0 rings (SSSR count). The minimum Gasteiger partial charge on any atom is -0.170 e. The van der Waals surface area contributed by atoms with Crippen LogP contribution in [0.15, 0.2) is 12.2 Å². The number of hydrogen-bond acceptors (Lipinski definition) is 0. The standard InChI is InChI=1S/C7H8F6/c1-2-3-4-5(6(8,9)10)7(11,12)13/h2-3,5H,4H2,1H3/b3-2-. The zero-order valence-electron chi connectivity index (χ0n) is 6.71. The monoisotopic (exact) mass is 206 g/mol. The maximum Gasteiger partial charge on any atom is 0.400 e. The average Bonchev–Trinajstić information content (AvgIpc) is 1.81. The maximum atomic E-state index is 11.8. The van der Waals surface area contributed by atoms with Crippen molar-refractivity contribution in [3.8, 4) is 0 Å². The van der Waals surface area contributed by atoms with Crippen molar-refractivity contribution in [3.63, 3.8) is 0 Å². The molecule has 13 heavy (non-hydrogen) atoms. The highest BCUT2D eigenvalue weighted by Crippen LogP contribution is 2.41. The van der Waals surface area contributed by atoms with E-state index in [0.29, 0.717) is 0 Å². The van der Waals surface area contributed by atoms with Crippen LogP contribution in [0.3, 0.4) is 0 Å². The summed E-state index contributed by atoms with van der Waals surface area (Å²) in [6.45, 7) is 1.36. The first-order valence-corrected chi connectivity index (χ1v) is 3.44. The fourth-order valence-corrected chi connectivity index (χ4v) is 0.725. The van der Waals surface area contributed by atoms with E-state index >= 15 is 0 Å². The van der Waals surface area contributed by atoms with Gasteiger partial charge in [-0.15, -0.1) is 0 Å². The number of hydrogen-bond donors (Lipinski definition) is 0. The molecule has 0 aliphatic carbocycles. The lowest BCUT2D eigenvalue weighted by Gasteiger charge is -2.21. The minimum atomic E-state index is -5.22. The summed E-state index contributed by atoms with van der Waals surface area (Å²) in [6, 6.07) is 0. The minimum absolute atomic E-state index is 0.853. The van der Waals surface area contributed by atoms with E-state index in [1.54, 1.807) is 0 Å². The van der Waals surface area contributed by atoms with Crippen LogP contribution in [0, 0.1) is 5.92 Å². The molecule has 78 valence electrons. The van der Waals surface area contributed by atoms with Crippen molar-refractivity contribution in [3.05, 3.63) is 12.2 Å². The third kappa shape index (κ3) is 4.19. The Balaban J connectivity index is 4.57. The lowest BCUT2D eigenvalue weighted by atomic mass is 10.0. The van der Waals surface area contributed by atoms with Gasteiger partial charge in [-0.25, -0.2) is 0 Å². The molecule has 0 aliphatic heterocycles. The van der Waals surface area contributed by atoms with E-state index in [0.717, 1.165) is 12.2 Å². The first-order chi connectivity index (χ1) is 5.69. The molecule has 0 fully saturated rings. The fraction of sp³-hybridized carbons (Fsp3) is 0.714. The van der Waals surface area contributed by atoms with E-state index in [2.05, 4.69) is 0 Å². The third-order valence-electron chi connectivity index (χ3n) is 1.40. The van der Waals surface area contributed by atoms with Crippen LogP contribution in [0.4, 0.5) is 26.3 Å². The van der Waals surface area contributed by atoms with Gasteiger partial charge in [-0.1, -0.05) is 12.2 Å². The summed E-state index contributed by atoms with van der Waals surface area (Å²) in [5.41, 5.74) is 0. The Kier molecular flexibility index (Phi) is 3.81. The van der Waals surface area contributed by atoms with Crippen molar-refractivity contribution in [2.45, 2.75) is 25.7 Å². The van der Waals surface area contributed by atoms with Gasteiger partial charge in [-0.05, 0) is 13.3 Å². The van der Waals surface area contributed by atoms with Crippen molar-refractivity contribution in [2.75, 3.05) is 0 Å². The van der Waals surface area contributed by atoms with E-state index in [-0.39, 0.29) is 0 Å². The molecule has 0 aromatic heterocycles. The Bertz CT molecular complexity index is 160. The molecule has 0 aliphatic rings. The number of rotatable bonds is 2. The molecule has 0 nitrogen and oxygen atoms in total. The van der Waals surface area contributed by atoms with Crippen LogP contribution in [-0.2, 0) is 0 Å². The Morgan fingerprint density at radius 3 is 1.62 bits per heavy atom. The molecule has 0 saturated carbocycles. The van der Waals surface area contributed by atoms with Crippen LogP contribution in [0.25, 0.3) is 0 Å². The van der Waals surface area contributed by atoms with Gasteiger partial charge < -0.3 is 0 Å². The molecular weight excluding hydrogens is 198 g/mol. The molecule has 0 aromatic rings. The van der Waals surface area contributed by atoms with Gasteiger partial charge in [0.2, 0.25) is 0 Å². The second kappa shape index (κ2) is 4.02. The molecule has 0 saturated heterocycles. The van der Waals surface area contributed by atoms with Crippen molar-refractivity contribution in [1.82, 2.24) is 0 Å². The first-order valence-electron chi connectivity index (χ1n) is 3.44. The predicted octanol–water partition coefficient (Wildman–Crippen LogP) is 3.69. The van der Waals surface area contributed by atoms with Gasteiger partial charge in [0, 0.05) is 0 Å². The smallest absolute Gasteiger partial charge is 0.170 e. The van der Waals surface area contributed by atoms with Crippen LogP contribution < -0.4 is 0 Å². The Labute approximate surface area is 71.2 Å². The quantitative estimate of drug-likeness (QED) is 0.477. The van der Waals surface area contributed by atoms with Crippen LogP contribution in [-0.4, -0.2) is 12.4 Å². The molecule has 0 radical (unpaired) electrons. The second-order valence-electron chi connectivity index (χ2n) is 2.44. The summed E-state index contributed by atoms with van der Waals surface area (Å²) in [7, 11) is 0. The molecule has 0 atom stereocenters. The Morgan fingerprint density at radius 2 is 1.38 bits per heavy atom. The molecular formula is C7H8F6. The average molecular weight is 206 g/mol. The van der Waals surface area contributed by atoms with Crippen molar-refractivity contribution in [2.24, 2.45) is 5.92 Å². The summed E-state index contributed by atoms with van der Waals surface area (Å²) >= 11 is 0. The van der Waals surface area contributed by atoms with E-state index in [1.165, 1.54) is 6.92 Å². The molecule has 0 N–H and O–H groups in total. The highest BCUT2D eigenvalue weighted by atomic mass is 19.4. The molecule has 6 heteroatoms. The zero-order chi connectivity index (χ0) is 10.7. The topological polar surface area (TPSA) is 0 Å².